The second-order valence-electron chi connectivity index (χ2n) is 4.07. The Morgan fingerprint density at radius 3 is 2.27 bits per heavy atom. The van der Waals surface area contributed by atoms with Crippen molar-refractivity contribution in [1.29, 1.82) is 0 Å². The van der Waals surface area contributed by atoms with Crippen molar-refractivity contribution in [1.82, 2.24) is 0 Å². The SMILES string of the molecule is O=C(O)CC(O)CCC1(C(F)(F)F)CC1. The molecule has 0 aromatic heterocycles. The van der Waals surface area contributed by atoms with Gasteiger partial charge in [-0.1, -0.05) is 0 Å². The highest BCUT2D eigenvalue weighted by molar-refractivity contribution is 5.67. The molecule has 1 unspecified atom stereocenters. The summed E-state index contributed by atoms with van der Waals surface area (Å²) in [6, 6.07) is 0. The van der Waals surface area contributed by atoms with E-state index in [2.05, 4.69) is 0 Å². The van der Waals surface area contributed by atoms with Crippen LogP contribution < -0.4 is 0 Å². The van der Waals surface area contributed by atoms with Crippen molar-refractivity contribution in [3.8, 4) is 0 Å². The lowest BCUT2D eigenvalue weighted by Crippen LogP contribution is -2.26. The van der Waals surface area contributed by atoms with Gasteiger partial charge in [-0.15, -0.1) is 0 Å². The normalized spacial score (nSPS) is 21.1. The minimum atomic E-state index is -4.23. The molecule has 3 nitrogen and oxygen atoms in total. The number of aliphatic hydroxyl groups excluding tert-OH is 1. The topological polar surface area (TPSA) is 57.5 Å². The van der Waals surface area contributed by atoms with E-state index in [1.807, 2.05) is 0 Å². The molecule has 0 aromatic carbocycles. The molecule has 0 radical (unpaired) electrons. The fraction of sp³-hybridized carbons (Fsp3) is 0.889. The van der Waals surface area contributed by atoms with Gasteiger partial charge in [0, 0.05) is 0 Å². The molecular weight excluding hydrogens is 213 g/mol. The van der Waals surface area contributed by atoms with Gasteiger partial charge < -0.3 is 10.2 Å². The van der Waals surface area contributed by atoms with Crippen LogP contribution in [-0.4, -0.2) is 28.5 Å². The molecule has 2 N–H and O–H groups in total. The van der Waals surface area contributed by atoms with Gasteiger partial charge in [0.15, 0.2) is 0 Å². The van der Waals surface area contributed by atoms with E-state index in [0.717, 1.165) is 0 Å². The molecule has 1 aliphatic rings. The van der Waals surface area contributed by atoms with Crippen LogP contribution in [0.25, 0.3) is 0 Å². The predicted molar refractivity (Wildman–Crippen MR) is 45.2 cm³/mol. The molecule has 0 heterocycles. The van der Waals surface area contributed by atoms with Gasteiger partial charge in [0.2, 0.25) is 0 Å². The molecule has 0 spiro atoms. The van der Waals surface area contributed by atoms with E-state index in [-0.39, 0.29) is 25.7 Å². The van der Waals surface area contributed by atoms with Crippen molar-refractivity contribution >= 4 is 5.97 Å². The Hall–Kier alpha value is -0.780. The quantitative estimate of drug-likeness (QED) is 0.753. The Morgan fingerprint density at radius 1 is 1.40 bits per heavy atom. The first-order chi connectivity index (χ1) is 6.77. The fourth-order valence-corrected chi connectivity index (χ4v) is 1.57. The molecule has 1 saturated carbocycles. The van der Waals surface area contributed by atoms with Crippen molar-refractivity contribution in [3.05, 3.63) is 0 Å². The number of carbonyl (C=O) groups is 1. The largest absolute Gasteiger partial charge is 0.481 e. The molecule has 0 saturated heterocycles. The zero-order chi connectivity index (χ0) is 11.7. The van der Waals surface area contributed by atoms with E-state index in [1.54, 1.807) is 0 Å². The maximum Gasteiger partial charge on any atom is 0.394 e. The smallest absolute Gasteiger partial charge is 0.394 e. The minimum Gasteiger partial charge on any atom is -0.481 e. The standard InChI is InChI=1S/C9H13F3O3/c10-9(11,12)8(3-4-8)2-1-6(13)5-7(14)15/h6,13H,1-5H2,(H,14,15). The summed E-state index contributed by atoms with van der Waals surface area (Å²) in [6.07, 6.45) is -5.99. The number of aliphatic carboxylic acids is 1. The van der Waals surface area contributed by atoms with Crippen LogP contribution in [0.4, 0.5) is 13.2 Å². The average molecular weight is 226 g/mol. The lowest BCUT2D eigenvalue weighted by molar-refractivity contribution is -0.190. The Bertz CT molecular complexity index is 245. The highest BCUT2D eigenvalue weighted by Crippen LogP contribution is 2.60. The first-order valence-electron chi connectivity index (χ1n) is 4.73. The van der Waals surface area contributed by atoms with Gasteiger partial charge in [-0.2, -0.15) is 13.2 Å². The molecule has 6 heteroatoms. The molecular formula is C9H13F3O3. The van der Waals surface area contributed by atoms with E-state index >= 15 is 0 Å². The summed E-state index contributed by atoms with van der Waals surface area (Å²) in [7, 11) is 0. The average Bonchev–Trinajstić information content (AvgIpc) is 2.78. The van der Waals surface area contributed by atoms with Gasteiger partial charge in [-0.05, 0) is 25.7 Å². The summed E-state index contributed by atoms with van der Waals surface area (Å²) >= 11 is 0. The molecule has 0 bridgehead atoms. The van der Waals surface area contributed by atoms with Gasteiger partial charge in [-0.3, -0.25) is 4.79 Å². The third-order valence-corrected chi connectivity index (χ3v) is 2.82. The number of carboxylic acids is 1. The number of carboxylic acid groups (broad SMARTS) is 1. The fourth-order valence-electron chi connectivity index (χ4n) is 1.57. The lowest BCUT2D eigenvalue weighted by Gasteiger charge is -2.20. The molecule has 1 aliphatic carbocycles. The summed E-state index contributed by atoms with van der Waals surface area (Å²) in [5.74, 6) is -1.20. The molecule has 88 valence electrons. The van der Waals surface area contributed by atoms with Crippen LogP contribution in [0.15, 0.2) is 0 Å². The zero-order valence-corrected chi connectivity index (χ0v) is 8.05. The number of aliphatic hydroxyl groups is 1. The summed E-state index contributed by atoms with van der Waals surface area (Å²) in [6.45, 7) is 0. The van der Waals surface area contributed by atoms with Crippen LogP contribution >= 0.6 is 0 Å². The van der Waals surface area contributed by atoms with Gasteiger partial charge in [0.05, 0.1) is 17.9 Å². The first-order valence-corrected chi connectivity index (χ1v) is 4.73. The van der Waals surface area contributed by atoms with Gasteiger partial charge in [0.25, 0.3) is 0 Å². The van der Waals surface area contributed by atoms with Crippen LogP contribution in [-0.2, 0) is 4.79 Å². The van der Waals surface area contributed by atoms with Crippen molar-refractivity contribution in [2.24, 2.45) is 5.41 Å². The van der Waals surface area contributed by atoms with Crippen molar-refractivity contribution in [3.63, 3.8) is 0 Å². The number of hydrogen-bond donors (Lipinski definition) is 2. The molecule has 1 rings (SSSR count). The second kappa shape index (κ2) is 4.00. The van der Waals surface area contributed by atoms with E-state index in [0.29, 0.717) is 0 Å². The number of rotatable bonds is 5. The van der Waals surface area contributed by atoms with Crippen LogP contribution in [0.1, 0.15) is 32.1 Å². The van der Waals surface area contributed by atoms with Crippen LogP contribution in [0.5, 0.6) is 0 Å². The molecule has 0 aromatic rings. The summed E-state index contributed by atoms with van der Waals surface area (Å²) in [5.41, 5.74) is -1.65. The maximum atomic E-state index is 12.4. The monoisotopic (exact) mass is 226 g/mol. The molecule has 0 amide bonds. The molecule has 1 fully saturated rings. The zero-order valence-electron chi connectivity index (χ0n) is 8.05. The van der Waals surface area contributed by atoms with E-state index in [9.17, 15) is 18.0 Å². The molecule has 0 aliphatic heterocycles. The third kappa shape index (κ3) is 3.09. The van der Waals surface area contributed by atoms with Crippen LogP contribution in [0.2, 0.25) is 0 Å². The summed E-state index contributed by atoms with van der Waals surface area (Å²) in [5, 5.41) is 17.4. The predicted octanol–water partition coefficient (Wildman–Crippen LogP) is 1.94. The highest BCUT2D eigenvalue weighted by Gasteiger charge is 2.62. The van der Waals surface area contributed by atoms with Crippen LogP contribution in [0, 0.1) is 5.41 Å². The molecule has 1 atom stereocenters. The summed E-state index contributed by atoms with van der Waals surface area (Å²) in [4.78, 5) is 10.2. The highest BCUT2D eigenvalue weighted by atomic mass is 19.4. The van der Waals surface area contributed by atoms with Crippen LogP contribution in [0.3, 0.4) is 0 Å². The van der Waals surface area contributed by atoms with Crippen molar-refractivity contribution in [2.45, 2.75) is 44.4 Å². The number of halogens is 3. The van der Waals surface area contributed by atoms with E-state index in [4.69, 9.17) is 10.2 Å². The lowest BCUT2D eigenvalue weighted by atomic mass is 9.96. The Kier molecular flexibility index (Phi) is 3.28. The van der Waals surface area contributed by atoms with Gasteiger partial charge in [-0.25, -0.2) is 0 Å². The minimum absolute atomic E-state index is 0.0935. The molecule has 15 heavy (non-hydrogen) atoms. The van der Waals surface area contributed by atoms with E-state index in [1.165, 1.54) is 0 Å². The van der Waals surface area contributed by atoms with Crippen molar-refractivity contribution in [2.75, 3.05) is 0 Å². The van der Waals surface area contributed by atoms with Gasteiger partial charge in [0.1, 0.15) is 0 Å². The van der Waals surface area contributed by atoms with Gasteiger partial charge >= 0.3 is 12.1 Å². The van der Waals surface area contributed by atoms with E-state index < -0.39 is 30.1 Å². The first kappa shape index (κ1) is 12.3. The number of hydrogen-bond acceptors (Lipinski definition) is 2. The maximum absolute atomic E-state index is 12.4. The summed E-state index contributed by atoms with van der Waals surface area (Å²) < 4.78 is 37.2. The third-order valence-electron chi connectivity index (χ3n) is 2.82. The Labute approximate surface area is 84.9 Å². The Balaban J connectivity index is 2.34. The van der Waals surface area contributed by atoms with Crippen molar-refractivity contribution < 1.29 is 28.2 Å². The second-order valence-corrected chi connectivity index (χ2v) is 4.07. The Morgan fingerprint density at radius 2 is 1.93 bits per heavy atom. The number of alkyl halides is 3.